The summed E-state index contributed by atoms with van der Waals surface area (Å²) in [6.07, 6.45) is 4.20. The van der Waals surface area contributed by atoms with Crippen LogP contribution in [-0.2, 0) is 15.7 Å². The molecule has 0 heterocycles. The first-order valence-electron chi connectivity index (χ1n) is 10.6. The van der Waals surface area contributed by atoms with Crippen molar-refractivity contribution < 1.29 is 9.53 Å². The Labute approximate surface area is 190 Å². The Bertz CT molecular complexity index is 1090. The van der Waals surface area contributed by atoms with Gasteiger partial charge in [-0.1, -0.05) is 78.9 Å². The van der Waals surface area contributed by atoms with Gasteiger partial charge in [0.2, 0.25) is 0 Å². The molecule has 0 radical (unpaired) electrons. The van der Waals surface area contributed by atoms with Crippen molar-refractivity contribution >= 4 is 35.2 Å². The van der Waals surface area contributed by atoms with Crippen molar-refractivity contribution in [3.63, 3.8) is 0 Å². The van der Waals surface area contributed by atoms with Crippen LogP contribution in [0.5, 0.6) is 0 Å². The standard InChI is InChI=1S/C29H26O2P/c1-31-29(30)22-21-24-13-11-12-14-25(24)23-32(26-15-5-2-6-16-26,27-17-7-3-8-18-27)28-19-9-4-10-20-28/h2-22H,23H2,1H3/q+1. The molecule has 32 heavy (non-hydrogen) atoms. The summed E-state index contributed by atoms with van der Waals surface area (Å²) in [5.41, 5.74) is 2.24. The summed E-state index contributed by atoms with van der Waals surface area (Å²) in [6.45, 7) is 0. The van der Waals surface area contributed by atoms with Crippen molar-refractivity contribution in [2.24, 2.45) is 0 Å². The second-order valence-corrected chi connectivity index (χ2v) is 11.0. The van der Waals surface area contributed by atoms with E-state index in [1.807, 2.05) is 12.1 Å². The lowest BCUT2D eigenvalue weighted by atomic mass is 10.1. The van der Waals surface area contributed by atoms with E-state index >= 15 is 0 Å². The first-order chi connectivity index (χ1) is 15.7. The molecule has 0 saturated carbocycles. The number of carbonyl (C=O) groups is 1. The summed E-state index contributed by atoms with van der Waals surface area (Å²) in [6, 6.07) is 40.8. The second kappa shape index (κ2) is 10.2. The summed E-state index contributed by atoms with van der Waals surface area (Å²) < 4.78 is 4.80. The van der Waals surface area contributed by atoms with Crippen LogP contribution in [0.2, 0.25) is 0 Å². The van der Waals surface area contributed by atoms with Gasteiger partial charge in [-0.05, 0) is 53.6 Å². The zero-order valence-electron chi connectivity index (χ0n) is 18.1. The smallest absolute Gasteiger partial charge is 0.330 e. The Morgan fingerprint density at radius 1 is 0.688 bits per heavy atom. The maximum absolute atomic E-state index is 11.7. The van der Waals surface area contributed by atoms with Gasteiger partial charge in [-0.2, -0.15) is 0 Å². The number of benzene rings is 4. The zero-order chi connectivity index (χ0) is 22.2. The average molecular weight is 437 g/mol. The minimum Gasteiger partial charge on any atom is -0.466 e. The van der Waals surface area contributed by atoms with Gasteiger partial charge in [-0.15, -0.1) is 0 Å². The first-order valence-corrected chi connectivity index (χ1v) is 12.6. The molecule has 0 aromatic heterocycles. The SMILES string of the molecule is COC(=O)C=Cc1ccccc1C[P+](c1ccccc1)(c1ccccc1)c1ccccc1. The van der Waals surface area contributed by atoms with E-state index in [4.69, 9.17) is 4.74 Å². The first kappa shape index (κ1) is 21.7. The second-order valence-electron chi connectivity index (χ2n) is 7.53. The number of ether oxygens (including phenoxy) is 1. The molecule has 0 bridgehead atoms. The maximum Gasteiger partial charge on any atom is 0.330 e. The van der Waals surface area contributed by atoms with E-state index in [9.17, 15) is 4.79 Å². The number of hydrogen-bond acceptors (Lipinski definition) is 2. The van der Waals surface area contributed by atoms with Crippen molar-refractivity contribution in [2.45, 2.75) is 6.16 Å². The zero-order valence-corrected chi connectivity index (χ0v) is 19.0. The van der Waals surface area contributed by atoms with Gasteiger partial charge in [0.05, 0.1) is 13.3 Å². The molecule has 0 atom stereocenters. The van der Waals surface area contributed by atoms with Gasteiger partial charge in [0.25, 0.3) is 0 Å². The molecule has 4 aromatic carbocycles. The van der Waals surface area contributed by atoms with Gasteiger partial charge in [0.15, 0.2) is 0 Å². The van der Waals surface area contributed by atoms with Gasteiger partial charge in [-0.25, -0.2) is 4.79 Å². The monoisotopic (exact) mass is 437 g/mol. The minimum atomic E-state index is -2.01. The third kappa shape index (κ3) is 4.56. The van der Waals surface area contributed by atoms with Crippen molar-refractivity contribution in [3.8, 4) is 0 Å². The molecule has 0 amide bonds. The highest BCUT2D eigenvalue weighted by molar-refractivity contribution is 7.95. The van der Waals surface area contributed by atoms with Crippen LogP contribution in [0, 0.1) is 0 Å². The molecular weight excluding hydrogens is 411 g/mol. The lowest BCUT2D eigenvalue weighted by molar-refractivity contribution is -0.134. The number of carbonyl (C=O) groups excluding carboxylic acids is 1. The molecule has 2 nitrogen and oxygen atoms in total. The Morgan fingerprint density at radius 3 is 1.59 bits per heavy atom. The summed E-state index contributed by atoms with van der Waals surface area (Å²) in [5.74, 6) is -0.352. The Morgan fingerprint density at radius 2 is 1.12 bits per heavy atom. The molecule has 0 fully saturated rings. The van der Waals surface area contributed by atoms with Crippen LogP contribution < -0.4 is 15.9 Å². The van der Waals surface area contributed by atoms with Crippen LogP contribution in [0.4, 0.5) is 0 Å². The summed E-state index contributed by atoms with van der Waals surface area (Å²) >= 11 is 0. The molecule has 0 aliphatic carbocycles. The van der Waals surface area contributed by atoms with Crippen molar-refractivity contribution in [3.05, 3.63) is 132 Å². The van der Waals surface area contributed by atoms with Crippen LogP contribution >= 0.6 is 7.26 Å². The predicted octanol–water partition coefficient (Wildman–Crippen LogP) is 5.37. The minimum absolute atomic E-state index is 0.352. The molecule has 0 saturated heterocycles. The van der Waals surface area contributed by atoms with E-state index in [-0.39, 0.29) is 5.97 Å². The number of methoxy groups -OCH3 is 1. The normalized spacial score (nSPS) is 11.4. The van der Waals surface area contributed by atoms with Crippen LogP contribution in [-0.4, -0.2) is 13.1 Å². The van der Waals surface area contributed by atoms with Crippen LogP contribution in [0.25, 0.3) is 6.08 Å². The van der Waals surface area contributed by atoms with Crippen LogP contribution in [0.15, 0.2) is 121 Å². The molecule has 0 aliphatic rings. The van der Waals surface area contributed by atoms with Gasteiger partial charge < -0.3 is 4.74 Å². The Balaban J connectivity index is 1.94. The van der Waals surface area contributed by atoms with E-state index in [0.717, 1.165) is 11.7 Å². The summed E-state index contributed by atoms with van der Waals surface area (Å²) in [4.78, 5) is 11.7. The van der Waals surface area contributed by atoms with Crippen molar-refractivity contribution in [1.82, 2.24) is 0 Å². The molecule has 4 rings (SSSR count). The lowest BCUT2D eigenvalue weighted by Crippen LogP contribution is -2.32. The number of hydrogen-bond donors (Lipinski definition) is 0. The molecule has 0 aliphatic heterocycles. The largest absolute Gasteiger partial charge is 0.466 e. The van der Waals surface area contributed by atoms with Crippen LogP contribution in [0.3, 0.4) is 0 Å². The van der Waals surface area contributed by atoms with E-state index in [0.29, 0.717) is 0 Å². The highest BCUT2D eigenvalue weighted by Gasteiger charge is 2.45. The lowest BCUT2D eigenvalue weighted by Gasteiger charge is -2.28. The fourth-order valence-corrected chi connectivity index (χ4v) is 8.38. The number of esters is 1. The third-order valence-electron chi connectivity index (χ3n) is 5.65. The highest BCUT2D eigenvalue weighted by Crippen LogP contribution is 2.58. The quantitative estimate of drug-likeness (QED) is 0.221. The average Bonchev–Trinajstić information content (AvgIpc) is 2.88. The van der Waals surface area contributed by atoms with Gasteiger partial charge in [-0.3, -0.25) is 0 Å². The number of rotatable bonds is 7. The molecule has 0 unspecified atom stereocenters. The topological polar surface area (TPSA) is 26.3 Å². The Kier molecular flexibility index (Phi) is 6.94. The van der Waals surface area contributed by atoms with E-state index < -0.39 is 7.26 Å². The van der Waals surface area contributed by atoms with Crippen LogP contribution in [0.1, 0.15) is 11.1 Å². The van der Waals surface area contributed by atoms with Gasteiger partial charge >= 0.3 is 5.97 Å². The highest BCUT2D eigenvalue weighted by atomic mass is 31.2. The van der Waals surface area contributed by atoms with E-state index in [2.05, 4.69) is 109 Å². The molecule has 3 heteroatoms. The van der Waals surface area contributed by atoms with Crippen molar-refractivity contribution in [2.75, 3.05) is 7.11 Å². The van der Waals surface area contributed by atoms with E-state index in [1.54, 1.807) is 0 Å². The molecule has 0 spiro atoms. The van der Waals surface area contributed by atoms with Gasteiger partial charge in [0, 0.05) is 6.08 Å². The van der Waals surface area contributed by atoms with Crippen molar-refractivity contribution in [1.29, 1.82) is 0 Å². The van der Waals surface area contributed by atoms with E-state index in [1.165, 1.54) is 34.7 Å². The molecule has 0 N–H and O–H groups in total. The fourth-order valence-electron chi connectivity index (χ4n) is 4.09. The maximum atomic E-state index is 11.7. The predicted molar refractivity (Wildman–Crippen MR) is 136 cm³/mol. The molecular formula is C29H26O2P+. The molecule has 4 aromatic rings. The van der Waals surface area contributed by atoms with Gasteiger partial charge in [0.1, 0.15) is 23.2 Å². The Hall–Kier alpha value is -3.48. The molecule has 158 valence electrons. The summed E-state index contributed by atoms with van der Waals surface area (Å²) in [5, 5.41) is 4.01. The third-order valence-corrected chi connectivity index (χ3v) is 10.0. The fraction of sp³-hybridized carbons (Fsp3) is 0.0690. The summed E-state index contributed by atoms with van der Waals surface area (Å²) in [7, 11) is -0.608.